The highest BCUT2D eigenvalue weighted by Gasteiger charge is 2.94. The van der Waals surface area contributed by atoms with E-state index in [1.165, 1.54) is 0 Å². The Bertz CT molecular complexity index is 3460. The second-order valence-corrected chi connectivity index (χ2v) is 17.7. The van der Waals surface area contributed by atoms with E-state index >= 15 is 0 Å². The molecule has 9 rings (SSSR count). The molecule has 76 heavy (non-hydrogen) atoms. The fraction of sp³-hybridized carbons (Fsp3) is 0.192. The minimum absolute atomic E-state index is 0.135. The van der Waals surface area contributed by atoms with Gasteiger partial charge in [-0.3, -0.25) is 0 Å². The van der Waals surface area contributed by atoms with E-state index in [-0.39, 0.29) is 22.5 Å². The summed E-state index contributed by atoms with van der Waals surface area (Å²) in [6.07, 6.45) is 17.7. The third-order valence-electron chi connectivity index (χ3n) is 12.5. The van der Waals surface area contributed by atoms with Crippen LogP contribution in [-0.2, 0) is 18.9 Å². The van der Waals surface area contributed by atoms with Crippen LogP contribution < -0.4 is 19.4 Å². The van der Waals surface area contributed by atoms with Crippen molar-refractivity contribution in [3.05, 3.63) is 203 Å². The summed E-state index contributed by atoms with van der Waals surface area (Å²) >= 11 is 0. The largest absolute Gasteiger partial charge is 0.657 e. The topological polar surface area (TPSA) is 95.9 Å². The van der Waals surface area contributed by atoms with Crippen LogP contribution in [0.5, 0.6) is 0 Å². The number of alkyl halides is 15. The van der Waals surface area contributed by atoms with Crippen molar-refractivity contribution in [1.82, 2.24) is 9.88 Å². The number of aromatic nitrogens is 3. The van der Waals surface area contributed by atoms with Gasteiger partial charge in [0.05, 0.1) is 34.2 Å². The number of benzene rings is 1. The molecule has 1 amide bonds. The number of nitrogens with zero attached hydrogens (tertiary/aromatic N) is 7. The Hall–Kier alpha value is -8.15. The van der Waals surface area contributed by atoms with Crippen molar-refractivity contribution >= 4 is 45.4 Å². The predicted octanol–water partition coefficient (Wildman–Crippen LogP) is 9.63. The summed E-state index contributed by atoms with van der Waals surface area (Å²) < 4.78 is 213. The van der Waals surface area contributed by atoms with Gasteiger partial charge in [-0.15, -0.1) is 11.4 Å². The van der Waals surface area contributed by atoms with Gasteiger partial charge in [0.2, 0.25) is 0 Å². The van der Waals surface area contributed by atoms with Crippen LogP contribution in [0.25, 0.3) is 16.7 Å². The molecule has 5 aliphatic rings. The van der Waals surface area contributed by atoms with Crippen molar-refractivity contribution in [3.8, 4) is 0 Å². The van der Waals surface area contributed by atoms with Gasteiger partial charge in [-0.2, -0.15) is 65.9 Å². The molecule has 392 valence electrons. The second-order valence-electron chi connectivity index (χ2n) is 17.7. The number of carbonyl (C=O) groups is 1. The van der Waals surface area contributed by atoms with Crippen molar-refractivity contribution in [3.63, 3.8) is 0 Å². The monoisotopic (exact) mass is 1070 g/mol. The average molecular weight is 1070 g/mol. The van der Waals surface area contributed by atoms with Crippen molar-refractivity contribution in [2.24, 2.45) is 29.1 Å². The molecule has 2 N–H and O–H groups in total. The van der Waals surface area contributed by atoms with Gasteiger partial charge in [-0.05, 0) is 94.2 Å². The van der Waals surface area contributed by atoms with E-state index in [9.17, 15) is 70.7 Å². The first-order valence-corrected chi connectivity index (χ1v) is 22.2. The van der Waals surface area contributed by atoms with Crippen molar-refractivity contribution in [2.75, 3.05) is 7.05 Å². The number of aryl methyl sites for hydroxylation is 2. The van der Waals surface area contributed by atoms with E-state index in [0.29, 0.717) is 62.1 Å². The Kier molecular flexibility index (Phi) is 12.7. The van der Waals surface area contributed by atoms with E-state index in [2.05, 4.69) is 0 Å². The summed E-state index contributed by atoms with van der Waals surface area (Å²) in [6, 6.07) is 14.5. The predicted molar refractivity (Wildman–Crippen MR) is 246 cm³/mol. The number of nitrogens with two attached hydrogens (primary N) is 1. The second kappa shape index (κ2) is 18.3. The first-order valence-electron chi connectivity index (χ1n) is 22.2. The van der Waals surface area contributed by atoms with Gasteiger partial charge in [0.1, 0.15) is 19.8 Å². The smallest absolute Gasteiger partial charge is 0.460 e. The molecule has 4 aromatic rings. The Morgan fingerprint density at radius 2 is 0.855 bits per heavy atom. The van der Waals surface area contributed by atoms with E-state index in [0.717, 1.165) is 29.8 Å². The molecule has 0 radical (unpaired) electrons. The Morgan fingerprint density at radius 3 is 1.30 bits per heavy atom. The zero-order valence-electron chi connectivity index (χ0n) is 39.1. The van der Waals surface area contributed by atoms with Gasteiger partial charge >= 0.3 is 47.6 Å². The minimum atomic E-state index is -8.54. The van der Waals surface area contributed by atoms with Crippen LogP contribution >= 0.6 is 0 Å². The van der Waals surface area contributed by atoms with Crippen LogP contribution in [0, 0.1) is 0 Å². The molecular weight excluding hydrogens is 1040 g/mol. The van der Waals surface area contributed by atoms with Crippen LogP contribution in [0.2, 0.25) is 0 Å². The molecule has 9 nitrogen and oxygen atoms in total. The number of hydrogen-bond acceptors (Lipinski definition) is 5. The van der Waals surface area contributed by atoms with E-state index in [4.69, 9.17) is 20.0 Å². The lowest BCUT2D eigenvalue weighted by molar-refractivity contribution is -0.671. The molecule has 1 aromatic carbocycles. The maximum atomic E-state index is 15.0. The summed E-state index contributed by atoms with van der Waals surface area (Å²) in [6.45, 7) is 0. The minimum Gasteiger partial charge on any atom is -0.657 e. The maximum absolute atomic E-state index is 15.0. The number of hydrogen-bond donors (Lipinski definition) is 1. The third-order valence-corrected chi connectivity index (χ3v) is 12.5. The number of pyridine rings is 2. The lowest BCUT2D eigenvalue weighted by atomic mass is 9.90. The van der Waals surface area contributed by atoms with Crippen molar-refractivity contribution < 1.29 is 85.1 Å². The van der Waals surface area contributed by atoms with Crippen molar-refractivity contribution in [2.45, 2.75) is 41.7 Å². The summed E-state index contributed by atoms with van der Waals surface area (Å²) in [5, 5.41) is -0.471. The number of allylic oxidation sites excluding steroid dienone is 11. The molecule has 0 aliphatic carbocycles. The van der Waals surface area contributed by atoms with Gasteiger partial charge in [-0.1, -0.05) is 12.1 Å². The van der Waals surface area contributed by atoms with Gasteiger partial charge in [-0.25, -0.2) is 34.2 Å². The normalized spacial score (nSPS) is 17.4. The SMILES string of the molecule is CN1C=CC(=C2C3=NC(=C(c4cc[n+](C)cc4)C4=NC(=C(c5ccc([NH2+]C(=O)C(F)(F)C(F)(F)C(F)(F)C(F)(F)C(F)(F)C(F)(F)C(F)(F)F)cc5)c5ccc([n-]5)C(c5cc[n+](C)cc5)=C5C=CC2=N5)C=C4)C=C3)C=C1. The molecule has 0 unspecified atom stereocenters. The molecule has 3 aromatic heterocycles. The molecule has 24 heteroatoms. The first kappa shape index (κ1) is 52.7. The standard InChI is InChI=1S/C52H33F15N8O/c1-73-22-16-29(17-23-73)42-35-10-8-33(69-35)41(28-4-6-32(7-5-28)68-45(76)46(53,54)47(55,56)48(57,58)49(59,60)50(61,62)51(63,64)52(65,66)67)34-9-11-36(70-34)43(30-18-24-74(2)25-19-30)38-13-15-40(72-38)44(39-14-12-37(42)71-39)31-20-26-75(3)27-21-31/h4-27H,1-3H3/p+2. The summed E-state index contributed by atoms with van der Waals surface area (Å²) in [4.78, 5) is 34.8. The van der Waals surface area contributed by atoms with Gasteiger partial charge in [0.25, 0.3) is 0 Å². The zero-order valence-corrected chi connectivity index (χ0v) is 39.1. The Balaban J connectivity index is 1.16. The lowest BCUT2D eigenvalue weighted by Crippen LogP contribution is -2.89. The highest BCUT2D eigenvalue weighted by atomic mass is 19.4. The quantitative estimate of drug-likeness (QED) is 0.0975. The van der Waals surface area contributed by atoms with E-state index in [1.54, 1.807) is 58.2 Å². The van der Waals surface area contributed by atoms with Gasteiger partial charge < -0.3 is 9.88 Å². The zero-order chi connectivity index (χ0) is 55.1. The molecular formula is C52H35F15N8O+2. The summed E-state index contributed by atoms with van der Waals surface area (Å²) in [5.74, 6) is -52.1. The van der Waals surface area contributed by atoms with Gasteiger partial charge in [0, 0.05) is 67.0 Å². The fourth-order valence-corrected chi connectivity index (χ4v) is 8.38. The third kappa shape index (κ3) is 8.56. The van der Waals surface area contributed by atoms with Crippen LogP contribution in [0.15, 0.2) is 190 Å². The highest BCUT2D eigenvalue weighted by molar-refractivity contribution is 6.36. The molecule has 0 saturated heterocycles. The molecule has 8 bridgehead atoms. The highest BCUT2D eigenvalue weighted by Crippen LogP contribution is 2.62. The van der Waals surface area contributed by atoms with Crippen LogP contribution in [0.3, 0.4) is 0 Å². The Morgan fingerprint density at radius 1 is 0.474 bits per heavy atom. The Labute approximate surface area is 420 Å². The number of aliphatic imine (C=N–C) groups is 3. The molecule has 5 aliphatic heterocycles. The maximum Gasteiger partial charge on any atom is 0.460 e. The lowest BCUT2D eigenvalue weighted by Gasteiger charge is -2.40. The number of rotatable bonds is 10. The van der Waals surface area contributed by atoms with Crippen LogP contribution in [-0.4, -0.2) is 76.7 Å². The molecule has 0 spiro atoms. The molecule has 0 saturated carbocycles. The molecule has 0 fully saturated rings. The van der Waals surface area contributed by atoms with E-state index < -0.39 is 58.6 Å². The van der Waals surface area contributed by atoms with Crippen LogP contribution in [0.1, 0.15) is 28.1 Å². The van der Waals surface area contributed by atoms with Gasteiger partial charge in [0.15, 0.2) is 24.8 Å². The molecule has 8 heterocycles. The first-order chi connectivity index (χ1) is 35.5. The number of amides is 1. The van der Waals surface area contributed by atoms with Crippen molar-refractivity contribution in [1.29, 1.82) is 0 Å². The summed E-state index contributed by atoms with van der Waals surface area (Å²) in [7, 11) is 5.51. The average Bonchev–Trinajstić information content (AvgIpc) is 4.22. The fourth-order valence-electron chi connectivity index (χ4n) is 8.38. The molecule has 0 atom stereocenters. The van der Waals surface area contributed by atoms with Crippen LogP contribution in [0.4, 0.5) is 71.5 Å². The number of halogens is 15. The number of carbonyl (C=O) groups excluding carboxylic acids is 1. The number of primary amides is 1. The number of quaternary nitrogens is 1. The van der Waals surface area contributed by atoms with E-state index in [1.807, 2.05) is 99.2 Å². The number of fused-ring (bicyclic) bond motifs is 5. The summed E-state index contributed by atoms with van der Waals surface area (Å²) in [5.41, 5.74) is 6.88.